The number of fused-ring (bicyclic) bond motifs is 1. The fourth-order valence-corrected chi connectivity index (χ4v) is 4.03. The van der Waals surface area contributed by atoms with Gasteiger partial charge in [-0.3, -0.25) is 9.52 Å². The molecule has 3 rings (SSSR count). The Morgan fingerprint density at radius 2 is 1.60 bits per heavy atom. The molecule has 10 heteroatoms. The van der Waals surface area contributed by atoms with Gasteiger partial charge in [0.05, 0.1) is 41.3 Å². The van der Waals surface area contributed by atoms with Gasteiger partial charge in [-0.05, 0) is 55.8 Å². The summed E-state index contributed by atoms with van der Waals surface area (Å²) in [6.45, 7) is 3.49. The van der Waals surface area contributed by atoms with Crippen molar-refractivity contribution in [2.45, 2.75) is 25.2 Å². The molecule has 0 saturated carbocycles. The van der Waals surface area contributed by atoms with Crippen LogP contribution in [0.15, 0.2) is 41.3 Å². The Labute approximate surface area is 173 Å². The van der Waals surface area contributed by atoms with Crippen molar-refractivity contribution in [2.24, 2.45) is 0 Å². The summed E-state index contributed by atoms with van der Waals surface area (Å²) >= 11 is 0. The molecule has 0 aliphatic carbocycles. The third kappa shape index (κ3) is 4.60. The maximum Gasteiger partial charge on any atom is 0.338 e. The number of benzene rings is 2. The Kier molecular flexibility index (Phi) is 6.06. The fourth-order valence-electron chi connectivity index (χ4n) is 2.94. The topological polar surface area (TPSA) is 128 Å². The smallest absolute Gasteiger partial charge is 0.338 e. The van der Waals surface area contributed by atoms with Crippen molar-refractivity contribution in [3.8, 4) is 0 Å². The van der Waals surface area contributed by atoms with E-state index in [0.29, 0.717) is 11.3 Å². The van der Waals surface area contributed by atoms with Gasteiger partial charge in [0.15, 0.2) is 0 Å². The summed E-state index contributed by atoms with van der Waals surface area (Å²) in [4.78, 5) is 35.7. The molecule has 1 heterocycles. The molecule has 30 heavy (non-hydrogen) atoms. The quantitative estimate of drug-likeness (QED) is 0.643. The molecule has 0 aromatic heterocycles. The first-order valence-electron chi connectivity index (χ1n) is 9.18. The molecule has 0 saturated heterocycles. The van der Waals surface area contributed by atoms with Crippen LogP contribution in [0.25, 0.3) is 0 Å². The molecule has 0 atom stereocenters. The molecule has 0 bridgehead atoms. The molecule has 2 N–H and O–H groups in total. The Balaban J connectivity index is 1.96. The minimum absolute atomic E-state index is 0.00157. The number of hydrogen-bond acceptors (Lipinski definition) is 7. The average Bonchev–Trinajstić information content (AvgIpc) is 3.07. The normalized spacial score (nSPS) is 12.7. The molecular formula is C20H20N2O7S. The van der Waals surface area contributed by atoms with E-state index in [4.69, 9.17) is 9.47 Å². The van der Waals surface area contributed by atoms with Gasteiger partial charge in [0, 0.05) is 5.69 Å². The highest BCUT2D eigenvalue weighted by molar-refractivity contribution is 7.92. The average molecular weight is 432 g/mol. The van der Waals surface area contributed by atoms with Gasteiger partial charge in [-0.25, -0.2) is 18.0 Å². The lowest BCUT2D eigenvalue weighted by atomic mass is 10.1. The summed E-state index contributed by atoms with van der Waals surface area (Å²) in [7, 11) is -4.06. The molecule has 0 radical (unpaired) electrons. The maximum absolute atomic E-state index is 12.8. The number of amides is 1. The lowest BCUT2D eigenvalue weighted by Gasteiger charge is -2.12. The first kappa shape index (κ1) is 21.3. The largest absolute Gasteiger partial charge is 0.462 e. The Morgan fingerprint density at radius 1 is 1.00 bits per heavy atom. The number of esters is 2. The zero-order valence-corrected chi connectivity index (χ0v) is 17.2. The van der Waals surface area contributed by atoms with Crippen molar-refractivity contribution in [3.63, 3.8) is 0 Å². The molecule has 9 nitrogen and oxygen atoms in total. The van der Waals surface area contributed by atoms with Crippen LogP contribution in [-0.2, 0) is 30.7 Å². The van der Waals surface area contributed by atoms with Crippen molar-refractivity contribution in [1.29, 1.82) is 0 Å². The van der Waals surface area contributed by atoms with Crippen molar-refractivity contribution in [1.82, 2.24) is 0 Å². The Morgan fingerprint density at radius 3 is 2.17 bits per heavy atom. The Hall–Kier alpha value is -3.40. The molecule has 0 unspecified atom stereocenters. The first-order chi connectivity index (χ1) is 14.2. The van der Waals surface area contributed by atoms with E-state index in [0.717, 1.165) is 0 Å². The monoisotopic (exact) mass is 432 g/mol. The second kappa shape index (κ2) is 8.54. The molecule has 0 spiro atoms. The number of carbonyl (C=O) groups is 3. The van der Waals surface area contributed by atoms with Crippen molar-refractivity contribution >= 4 is 39.2 Å². The van der Waals surface area contributed by atoms with E-state index >= 15 is 0 Å². The van der Waals surface area contributed by atoms with E-state index in [2.05, 4.69) is 10.0 Å². The first-order valence-corrected chi connectivity index (χ1v) is 10.7. The standard InChI is InChI=1S/C20H20N2O7S/c1-3-28-19(24)13-7-14(20(25)29-4-2)9-15(8-13)22-30(26,27)16-5-6-17-12(10-16)11-18(23)21-17/h5-10,22H,3-4,11H2,1-2H3,(H,21,23). The van der Waals surface area contributed by atoms with Gasteiger partial charge in [-0.2, -0.15) is 0 Å². The zero-order valence-electron chi connectivity index (χ0n) is 16.4. The van der Waals surface area contributed by atoms with E-state index in [-0.39, 0.29) is 47.3 Å². The predicted molar refractivity (Wildman–Crippen MR) is 108 cm³/mol. The van der Waals surface area contributed by atoms with Gasteiger partial charge in [0.1, 0.15) is 0 Å². The summed E-state index contributed by atoms with van der Waals surface area (Å²) in [6, 6.07) is 8.09. The molecule has 1 aliphatic rings. The third-order valence-electron chi connectivity index (χ3n) is 4.22. The van der Waals surface area contributed by atoms with Gasteiger partial charge in [-0.15, -0.1) is 0 Å². The van der Waals surface area contributed by atoms with Crippen LogP contribution in [0, 0.1) is 0 Å². The molecule has 0 fully saturated rings. The minimum atomic E-state index is -4.06. The van der Waals surface area contributed by atoms with Crippen LogP contribution in [0.1, 0.15) is 40.1 Å². The van der Waals surface area contributed by atoms with Crippen molar-refractivity contribution in [2.75, 3.05) is 23.3 Å². The number of carbonyl (C=O) groups excluding carboxylic acids is 3. The molecule has 2 aromatic rings. The van der Waals surface area contributed by atoms with Crippen LogP contribution in [-0.4, -0.2) is 39.5 Å². The molecule has 158 valence electrons. The van der Waals surface area contributed by atoms with Crippen LogP contribution in [0.3, 0.4) is 0 Å². The molecule has 1 aliphatic heterocycles. The Bertz CT molecular complexity index is 1090. The number of anilines is 2. The highest BCUT2D eigenvalue weighted by Gasteiger charge is 2.23. The van der Waals surface area contributed by atoms with Crippen LogP contribution < -0.4 is 10.0 Å². The van der Waals surface area contributed by atoms with Crippen LogP contribution in [0.4, 0.5) is 11.4 Å². The van der Waals surface area contributed by atoms with Crippen LogP contribution in [0.5, 0.6) is 0 Å². The number of sulfonamides is 1. The number of nitrogens with one attached hydrogen (secondary N) is 2. The zero-order chi connectivity index (χ0) is 21.9. The third-order valence-corrected chi connectivity index (χ3v) is 5.60. The van der Waals surface area contributed by atoms with Gasteiger partial charge in [0.25, 0.3) is 10.0 Å². The van der Waals surface area contributed by atoms with Crippen LogP contribution in [0.2, 0.25) is 0 Å². The SMILES string of the molecule is CCOC(=O)c1cc(NS(=O)(=O)c2ccc3c(c2)CC(=O)N3)cc(C(=O)OCC)c1. The maximum atomic E-state index is 12.8. The summed E-state index contributed by atoms with van der Waals surface area (Å²) in [5.74, 6) is -1.62. The highest BCUT2D eigenvalue weighted by Crippen LogP contribution is 2.27. The molecule has 1 amide bonds. The van der Waals surface area contributed by atoms with E-state index in [1.807, 2.05) is 0 Å². The summed E-state index contributed by atoms with van der Waals surface area (Å²) in [5, 5.41) is 2.63. The molecular weight excluding hydrogens is 412 g/mol. The lowest BCUT2D eigenvalue weighted by Crippen LogP contribution is -2.15. The molecule has 2 aromatic carbocycles. The second-order valence-electron chi connectivity index (χ2n) is 6.39. The van der Waals surface area contributed by atoms with Crippen LogP contribution >= 0.6 is 0 Å². The number of ether oxygens (including phenoxy) is 2. The van der Waals surface area contributed by atoms with Gasteiger partial charge in [0.2, 0.25) is 5.91 Å². The van der Waals surface area contributed by atoms with Gasteiger partial charge in [-0.1, -0.05) is 0 Å². The van der Waals surface area contributed by atoms with Gasteiger partial charge < -0.3 is 14.8 Å². The minimum Gasteiger partial charge on any atom is -0.462 e. The number of rotatable bonds is 7. The van der Waals surface area contributed by atoms with Gasteiger partial charge >= 0.3 is 11.9 Å². The van der Waals surface area contributed by atoms with Crippen molar-refractivity contribution < 1.29 is 32.3 Å². The predicted octanol–water partition coefficient (Wildman–Crippen LogP) is 2.34. The van der Waals surface area contributed by atoms with E-state index in [9.17, 15) is 22.8 Å². The van der Waals surface area contributed by atoms with E-state index in [1.54, 1.807) is 13.8 Å². The second-order valence-corrected chi connectivity index (χ2v) is 8.07. The fraction of sp³-hybridized carbons (Fsp3) is 0.250. The summed E-state index contributed by atoms with van der Waals surface area (Å²) < 4.78 is 38.0. The lowest BCUT2D eigenvalue weighted by molar-refractivity contribution is -0.115. The van der Waals surface area contributed by atoms with Crippen molar-refractivity contribution in [3.05, 3.63) is 53.1 Å². The van der Waals surface area contributed by atoms with E-state index < -0.39 is 22.0 Å². The highest BCUT2D eigenvalue weighted by atomic mass is 32.2. The number of hydrogen-bond donors (Lipinski definition) is 2. The van der Waals surface area contributed by atoms with E-state index in [1.165, 1.54) is 36.4 Å². The summed E-state index contributed by atoms with van der Waals surface area (Å²) in [5.41, 5.74) is 1.13. The summed E-state index contributed by atoms with van der Waals surface area (Å²) in [6.07, 6.45) is 0.0873.